The molecule has 0 saturated carbocycles. The van der Waals surface area contributed by atoms with Gasteiger partial charge in [-0.15, -0.1) is 0 Å². The summed E-state index contributed by atoms with van der Waals surface area (Å²) in [5.74, 6) is -0.175. The lowest BCUT2D eigenvalue weighted by Gasteiger charge is -2.26. The second kappa shape index (κ2) is 10.8. The summed E-state index contributed by atoms with van der Waals surface area (Å²) >= 11 is 5.96. The highest BCUT2D eigenvalue weighted by molar-refractivity contribution is 6.30. The van der Waals surface area contributed by atoms with Gasteiger partial charge < -0.3 is 25.2 Å². The molecule has 2 N–H and O–H groups in total. The summed E-state index contributed by atoms with van der Waals surface area (Å²) < 4.78 is 19.3. The summed E-state index contributed by atoms with van der Waals surface area (Å²) in [6, 6.07) is 17.2. The number of carbonyl (C=O) groups excluding carboxylic acids is 2. The molecule has 2 heterocycles. The molecule has 37 heavy (non-hydrogen) atoms. The van der Waals surface area contributed by atoms with Crippen molar-refractivity contribution in [3.8, 4) is 5.75 Å². The maximum Gasteiger partial charge on any atom is 0.322 e. The van der Waals surface area contributed by atoms with E-state index in [0.29, 0.717) is 28.6 Å². The normalized spacial score (nSPS) is 19.3. The molecule has 2 aliphatic rings. The lowest BCUT2D eigenvalue weighted by atomic mass is 9.99. The molecule has 2 aliphatic heterocycles. The van der Waals surface area contributed by atoms with Crippen molar-refractivity contribution in [2.45, 2.75) is 31.5 Å². The fourth-order valence-corrected chi connectivity index (χ4v) is 4.91. The molecule has 0 bridgehead atoms. The van der Waals surface area contributed by atoms with Gasteiger partial charge >= 0.3 is 6.03 Å². The van der Waals surface area contributed by atoms with E-state index < -0.39 is 18.2 Å². The van der Waals surface area contributed by atoms with Gasteiger partial charge in [-0.2, -0.15) is 0 Å². The van der Waals surface area contributed by atoms with Gasteiger partial charge in [-0.25, -0.2) is 9.18 Å². The number of hydrogen-bond donors (Lipinski definition) is 2. The van der Waals surface area contributed by atoms with Crippen LogP contribution in [0.3, 0.4) is 0 Å². The number of ether oxygens (including phenoxy) is 1. The molecule has 7 nitrogen and oxygen atoms in total. The van der Waals surface area contributed by atoms with Crippen molar-refractivity contribution in [1.29, 1.82) is 0 Å². The Morgan fingerprint density at radius 2 is 1.70 bits per heavy atom. The first kappa shape index (κ1) is 25.0. The molecule has 5 rings (SSSR count). The van der Waals surface area contributed by atoms with Crippen LogP contribution in [0.4, 0.5) is 20.6 Å². The van der Waals surface area contributed by atoms with Crippen LogP contribution in [0, 0.1) is 5.82 Å². The summed E-state index contributed by atoms with van der Waals surface area (Å²) in [7, 11) is 2.09. The quantitative estimate of drug-likeness (QED) is 0.485. The van der Waals surface area contributed by atoms with Gasteiger partial charge in [0.25, 0.3) is 0 Å². The smallest absolute Gasteiger partial charge is 0.322 e. The number of hydrogen-bond acceptors (Lipinski definition) is 4. The van der Waals surface area contributed by atoms with Crippen molar-refractivity contribution in [2.24, 2.45) is 0 Å². The van der Waals surface area contributed by atoms with E-state index in [-0.39, 0.29) is 18.3 Å². The third kappa shape index (κ3) is 6.03. The van der Waals surface area contributed by atoms with Crippen molar-refractivity contribution in [3.63, 3.8) is 0 Å². The number of nitrogens with one attached hydrogen (secondary N) is 2. The molecular weight excluding hydrogens is 495 g/mol. The highest BCUT2D eigenvalue weighted by Crippen LogP contribution is 2.27. The topological polar surface area (TPSA) is 73.9 Å². The maximum absolute atomic E-state index is 13.4. The molecule has 3 aromatic carbocycles. The number of benzene rings is 3. The Bertz CT molecular complexity index is 1290. The van der Waals surface area contributed by atoms with Crippen molar-refractivity contribution in [2.75, 3.05) is 30.8 Å². The van der Waals surface area contributed by atoms with Gasteiger partial charge in [-0.1, -0.05) is 17.7 Å². The maximum atomic E-state index is 13.4. The van der Waals surface area contributed by atoms with Gasteiger partial charge in [-0.3, -0.25) is 4.79 Å². The highest BCUT2D eigenvalue weighted by atomic mass is 35.5. The molecule has 9 heteroatoms. The van der Waals surface area contributed by atoms with Crippen LogP contribution in [-0.2, 0) is 17.8 Å². The number of rotatable bonds is 5. The van der Waals surface area contributed by atoms with E-state index in [2.05, 4.69) is 22.6 Å². The Balaban J connectivity index is 1.32. The zero-order chi connectivity index (χ0) is 25.9. The van der Waals surface area contributed by atoms with E-state index in [4.69, 9.17) is 16.3 Å². The first-order chi connectivity index (χ1) is 17.8. The van der Waals surface area contributed by atoms with Gasteiger partial charge in [0.2, 0.25) is 5.91 Å². The Morgan fingerprint density at radius 3 is 2.46 bits per heavy atom. The summed E-state index contributed by atoms with van der Waals surface area (Å²) in [6.07, 6.45) is 0.783. The van der Waals surface area contributed by atoms with E-state index in [1.807, 2.05) is 18.2 Å². The Kier molecular flexibility index (Phi) is 7.30. The standard InChI is InChI=1S/C28H28ClFN4O3/c1-33-13-12-18-14-23(7-2-19(18)16-33)31-27(35)26-15-25(37-24-10-5-21(30)6-11-24)17-34(26)28(36)32-22-8-3-20(29)4-9-22/h2-11,14,25-26H,12-13,15-17H2,1H3,(H,31,35)(H,32,36)/t25-,26-/m1/s1. The molecule has 3 aromatic rings. The highest BCUT2D eigenvalue weighted by Gasteiger charge is 2.41. The van der Waals surface area contributed by atoms with Crippen LogP contribution in [0.25, 0.3) is 0 Å². The minimum absolute atomic E-state index is 0.200. The number of nitrogens with zero attached hydrogens (tertiary/aromatic N) is 2. The Hall–Kier alpha value is -3.62. The van der Waals surface area contributed by atoms with Crippen LogP contribution in [0.15, 0.2) is 66.7 Å². The van der Waals surface area contributed by atoms with Crippen LogP contribution in [-0.4, -0.2) is 54.0 Å². The van der Waals surface area contributed by atoms with Gasteiger partial charge in [0, 0.05) is 35.9 Å². The lowest BCUT2D eigenvalue weighted by Crippen LogP contribution is -2.45. The lowest BCUT2D eigenvalue weighted by molar-refractivity contribution is -0.119. The number of carbonyl (C=O) groups is 2. The van der Waals surface area contributed by atoms with Crippen LogP contribution < -0.4 is 15.4 Å². The number of likely N-dealkylation sites (tertiary alicyclic amines) is 1. The molecule has 192 valence electrons. The number of anilines is 2. The number of likely N-dealkylation sites (N-methyl/N-ethyl adjacent to an activating group) is 1. The molecule has 0 aromatic heterocycles. The van der Waals surface area contributed by atoms with Crippen LogP contribution in [0.5, 0.6) is 5.75 Å². The predicted octanol–water partition coefficient (Wildman–Crippen LogP) is 5.16. The van der Waals surface area contributed by atoms with Crippen LogP contribution >= 0.6 is 11.6 Å². The van der Waals surface area contributed by atoms with E-state index >= 15 is 0 Å². The largest absolute Gasteiger partial charge is 0.488 e. The van der Waals surface area contributed by atoms with Crippen molar-refractivity contribution in [1.82, 2.24) is 9.80 Å². The van der Waals surface area contributed by atoms with Gasteiger partial charge in [-0.05, 0) is 85.3 Å². The van der Waals surface area contributed by atoms with E-state index in [0.717, 1.165) is 19.5 Å². The second-order valence-electron chi connectivity index (χ2n) is 9.50. The zero-order valence-corrected chi connectivity index (χ0v) is 21.2. The third-order valence-corrected chi connectivity index (χ3v) is 6.97. The number of urea groups is 1. The monoisotopic (exact) mass is 522 g/mol. The fraction of sp³-hybridized carbons (Fsp3) is 0.286. The van der Waals surface area contributed by atoms with Crippen molar-refractivity contribution in [3.05, 3.63) is 88.7 Å². The van der Waals surface area contributed by atoms with Crippen molar-refractivity contribution >= 4 is 34.9 Å². The summed E-state index contributed by atoms with van der Waals surface area (Å²) in [6.45, 7) is 2.05. The van der Waals surface area contributed by atoms with Crippen molar-refractivity contribution < 1.29 is 18.7 Å². The molecule has 1 saturated heterocycles. The Labute approximate surface area is 220 Å². The van der Waals surface area contributed by atoms with Crippen LogP contribution in [0.2, 0.25) is 5.02 Å². The summed E-state index contributed by atoms with van der Waals surface area (Å²) in [4.78, 5) is 30.4. The average Bonchev–Trinajstić information content (AvgIpc) is 3.31. The number of fused-ring (bicyclic) bond motifs is 1. The number of halogens is 2. The molecule has 0 radical (unpaired) electrons. The molecular formula is C28H28ClFN4O3. The first-order valence-corrected chi connectivity index (χ1v) is 12.6. The minimum atomic E-state index is -0.750. The zero-order valence-electron chi connectivity index (χ0n) is 20.4. The molecule has 0 aliphatic carbocycles. The average molecular weight is 523 g/mol. The summed E-state index contributed by atoms with van der Waals surface area (Å²) in [5.41, 5.74) is 3.74. The second-order valence-corrected chi connectivity index (χ2v) is 9.93. The SMILES string of the molecule is CN1CCc2cc(NC(=O)[C@H]3C[C@@H](Oc4ccc(F)cc4)CN3C(=O)Nc3ccc(Cl)cc3)ccc2C1. The van der Waals surface area contributed by atoms with Gasteiger partial charge in [0.05, 0.1) is 6.54 Å². The molecule has 3 amide bonds. The van der Waals surface area contributed by atoms with E-state index in [1.165, 1.54) is 40.3 Å². The first-order valence-electron chi connectivity index (χ1n) is 12.2. The van der Waals surface area contributed by atoms with E-state index in [1.54, 1.807) is 24.3 Å². The predicted molar refractivity (Wildman–Crippen MR) is 142 cm³/mol. The third-order valence-electron chi connectivity index (χ3n) is 6.72. The molecule has 0 unspecified atom stereocenters. The van der Waals surface area contributed by atoms with Gasteiger partial charge in [0.1, 0.15) is 23.7 Å². The molecule has 1 fully saturated rings. The fourth-order valence-electron chi connectivity index (χ4n) is 4.79. The Morgan fingerprint density at radius 1 is 0.973 bits per heavy atom. The minimum Gasteiger partial charge on any atom is -0.488 e. The summed E-state index contributed by atoms with van der Waals surface area (Å²) in [5, 5.41) is 6.39. The van der Waals surface area contributed by atoms with Crippen LogP contribution in [0.1, 0.15) is 17.5 Å². The van der Waals surface area contributed by atoms with E-state index in [9.17, 15) is 14.0 Å². The molecule has 0 spiro atoms. The molecule has 2 atom stereocenters. The number of amides is 3. The van der Waals surface area contributed by atoms with Gasteiger partial charge in [0.15, 0.2) is 0 Å².